The molecule has 2 aliphatic rings. The fourth-order valence-corrected chi connectivity index (χ4v) is 4.02. The van der Waals surface area contributed by atoms with E-state index >= 15 is 0 Å². The van der Waals surface area contributed by atoms with E-state index in [9.17, 15) is 0 Å². The standard InChI is InChI=1S/C13H24/c1-11-5-8-13(9-11)7-4-6-12(2,3)10-13/h11H,4-10H2,1-3H3. The fraction of sp³-hybridized carbons (Fsp3) is 1.00. The van der Waals surface area contributed by atoms with Crippen molar-refractivity contribution in [1.29, 1.82) is 0 Å². The van der Waals surface area contributed by atoms with Crippen LogP contribution in [0.5, 0.6) is 0 Å². The normalized spacial score (nSPS) is 44.1. The molecule has 0 heterocycles. The second-order valence-electron chi connectivity index (χ2n) is 6.54. The molecule has 0 amide bonds. The van der Waals surface area contributed by atoms with Crippen LogP contribution in [-0.2, 0) is 0 Å². The molecule has 2 rings (SSSR count). The Morgan fingerprint density at radius 2 is 1.85 bits per heavy atom. The molecule has 0 aromatic rings. The van der Waals surface area contributed by atoms with E-state index in [2.05, 4.69) is 20.8 Å². The molecule has 2 atom stereocenters. The SMILES string of the molecule is CC1CCC2(CCCC(C)(C)C2)C1. The van der Waals surface area contributed by atoms with Crippen LogP contribution in [0, 0.1) is 16.7 Å². The van der Waals surface area contributed by atoms with Gasteiger partial charge in [0, 0.05) is 0 Å². The van der Waals surface area contributed by atoms with Gasteiger partial charge in [-0.25, -0.2) is 0 Å². The van der Waals surface area contributed by atoms with E-state index in [1.165, 1.54) is 44.9 Å². The number of hydrogen-bond donors (Lipinski definition) is 0. The van der Waals surface area contributed by atoms with E-state index in [1.807, 2.05) is 0 Å². The molecule has 0 aromatic carbocycles. The van der Waals surface area contributed by atoms with Gasteiger partial charge in [-0.1, -0.05) is 33.6 Å². The summed E-state index contributed by atoms with van der Waals surface area (Å²) in [4.78, 5) is 0. The Bertz CT molecular complexity index is 188. The smallest absolute Gasteiger partial charge is 0.0290 e. The van der Waals surface area contributed by atoms with E-state index in [4.69, 9.17) is 0 Å². The first kappa shape index (κ1) is 9.55. The quantitative estimate of drug-likeness (QED) is 0.518. The van der Waals surface area contributed by atoms with Crippen molar-refractivity contribution in [2.45, 2.75) is 65.7 Å². The van der Waals surface area contributed by atoms with E-state index in [0.29, 0.717) is 5.41 Å². The molecular formula is C13H24. The monoisotopic (exact) mass is 180 g/mol. The third-order valence-corrected chi connectivity index (χ3v) is 4.36. The second-order valence-corrected chi connectivity index (χ2v) is 6.54. The maximum Gasteiger partial charge on any atom is -0.0290 e. The summed E-state index contributed by atoms with van der Waals surface area (Å²) in [6.07, 6.45) is 10.5. The molecule has 1 spiro atoms. The predicted octanol–water partition coefficient (Wildman–Crippen LogP) is 4.39. The van der Waals surface area contributed by atoms with Crippen molar-refractivity contribution in [3.05, 3.63) is 0 Å². The van der Waals surface area contributed by atoms with Crippen LogP contribution in [0.25, 0.3) is 0 Å². The summed E-state index contributed by atoms with van der Waals surface area (Å²) < 4.78 is 0. The molecule has 0 radical (unpaired) electrons. The summed E-state index contributed by atoms with van der Waals surface area (Å²) >= 11 is 0. The molecule has 13 heavy (non-hydrogen) atoms. The average molecular weight is 180 g/mol. The highest BCUT2D eigenvalue weighted by Gasteiger charge is 2.43. The van der Waals surface area contributed by atoms with Crippen molar-refractivity contribution < 1.29 is 0 Å². The third-order valence-electron chi connectivity index (χ3n) is 4.36. The van der Waals surface area contributed by atoms with E-state index < -0.39 is 0 Å². The molecule has 2 saturated carbocycles. The Labute approximate surface area is 83.1 Å². The lowest BCUT2D eigenvalue weighted by atomic mass is 9.62. The van der Waals surface area contributed by atoms with Crippen molar-refractivity contribution in [2.75, 3.05) is 0 Å². The maximum absolute atomic E-state index is 2.47. The molecule has 76 valence electrons. The van der Waals surface area contributed by atoms with E-state index in [1.54, 1.807) is 0 Å². The van der Waals surface area contributed by atoms with E-state index in [0.717, 1.165) is 11.3 Å². The first-order chi connectivity index (χ1) is 6.02. The summed E-state index contributed by atoms with van der Waals surface area (Å²) in [6, 6.07) is 0. The topological polar surface area (TPSA) is 0 Å². The van der Waals surface area contributed by atoms with Crippen LogP contribution < -0.4 is 0 Å². The van der Waals surface area contributed by atoms with Gasteiger partial charge in [0.2, 0.25) is 0 Å². The third kappa shape index (κ3) is 1.92. The first-order valence-corrected chi connectivity index (χ1v) is 6.02. The maximum atomic E-state index is 2.47. The van der Waals surface area contributed by atoms with Gasteiger partial charge in [-0.3, -0.25) is 0 Å². The average Bonchev–Trinajstić information content (AvgIpc) is 2.29. The van der Waals surface area contributed by atoms with Crippen LogP contribution in [0.1, 0.15) is 65.7 Å². The van der Waals surface area contributed by atoms with Gasteiger partial charge in [0.1, 0.15) is 0 Å². The number of hydrogen-bond acceptors (Lipinski definition) is 0. The van der Waals surface area contributed by atoms with Gasteiger partial charge in [0.25, 0.3) is 0 Å². The zero-order chi connectivity index (χ0) is 9.53. The largest absolute Gasteiger partial charge is 0.0625 e. The fourth-order valence-electron chi connectivity index (χ4n) is 4.02. The summed E-state index contributed by atoms with van der Waals surface area (Å²) in [5.74, 6) is 1.01. The Morgan fingerprint density at radius 3 is 2.38 bits per heavy atom. The highest BCUT2D eigenvalue weighted by molar-refractivity contribution is 4.94. The minimum Gasteiger partial charge on any atom is -0.0625 e. The zero-order valence-corrected chi connectivity index (χ0v) is 9.53. The minimum absolute atomic E-state index is 0.641. The van der Waals surface area contributed by atoms with Gasteiger partial charge < -0.3 is 0 Å². The molecule has 0 N–H and O–H groups in total. The van der Waals surface area contributed by atoms with Crippen molar-refractivity contribution in [3.8, 4) is 0 Å². The zero-order valence-electron chi connectivity index (χ0n) is 9.53. The highest BCUT2D eigenvalue weighted by atomic mass is 14.5. The van der Waals surface area contributed by atoms with Gasteiger partial charge in [-0.2, -0.15) is 0 Å². The van der Waals surface area contributed by atoms with Crippen LogP contribution in [0.3, 0.4) is 0 Å². The summed E-state index contributed by atoms with van der Waals surface area (Å²) in [5, 5.41) is 0. The van der Waals surface area contributed by atoms with Crippen LogP contribution in [0.4, 0.5) is 0 Å². The Morgan fingerprint density at radius 1 is 1.08 bits per heavy atom. The second kappa shape index (κ2) is 3.00. The van der Waals surface area contributed by atoms with Crippen molar-refractivity contribution >= 4 is 0 Å². The van der Waals surface area contributed by atoms with Crippen LogP contribution >= 0.6 is 0 Å². The van der Waals surface area contributed by atoms with Crippen LogP contribution in [0.15, 0.2) is 0 Å². The van der Waals surface area contributed by atoms with Crippen LogP contribution in [0.2, 0.25) is 0 Å². The molecule has 0 bridgehead atoms. The molecule has 2 unspecified atom stereocenters. The highest BCUT2D eigenvalue weighted by Crippen LogP contribution is 2.55. The summed E-state index contributed by atoms with van der Waals surface area (Å²) in [5.41, 5.74) is 1.42. The van der Waals surface area contributed by atoms with Crippen molar-refractivity contribution in [1.82, 2.24) is 0 Å². The molecule has 2 fully saturated rings. The lowest BCUT2D eigenvalue weighted by Gasteiger charge is -2.43. The van der Waals surface area contributed by atoms with Gasteiger partial charge in [-0.15, -0.1) is 0 Å². The van der Waals surface area contributed by atoms with E-state index in [-0.39, 0.29) is 0 Å². The first-order valence-electron chi connectivity index (χ1n) is 6.02. The lowest BCUT2D eigenvalue weighted by Crippen LogP contribution is -2.31. The van der Waals surface area contributed by atoms with Crippen molar-refractivity contribution in [3.63, 3.8) is 0 Å². The van der Waals surface area contributed by atoms with Gasteiger partial charge >= 0.3 is 0 Å². The lowest BCUT2D eigenvalue weighted by molar-refractivity contribution is 0.0856. The van der Waals surface area contributed by atoms with Crippen molar-refractivity contribution in [2.24, 2.45) is 16.7 Å². The summed E-state index contributed by atoms with van der Waals surface area (Å²) in [6.45, 7) is 7.38. The molecule has 0 heteroatoms. The van der Waals surface area contributed by atoms with Gasteiger partial charge in [0.05, 0.1) is 0 Å². The Balaban J connectivity index is 2.07. The minimum atomic E-state index is 0.641. The molecule has 2 aliphatic carbocycles. The van der Waals surface area contributed by atoms with Gasteiger partial charge in [-0.05, 0) is 48.9 Å². The Kier molecular flexibility index (Phi) is 2.20. The summed E-state index contributed by atoms with van der Waals surface area (Å²) in [7, 11) is 0. The predicted molar refractivity (Wildman–Crippen MR) is 57.7 cm³/mol. The molecule has 0 aliphatic heterocycles. The molecule has 0 aromatic heterocycles. The molecule has 0 saturated heterocycles. The Hall–Kier alpha value is 0. The molecular weight excluding hydrogens is 156 g/mol. The van der Waals surface area contributed by atoms with Crippen LogP contribution in [-0.4, -0.2) is 0 Å². The molecule has 0 nitrogen and oxygen atoms in total. The van der Waals surface area contributed by atoms with Gasteiger partial charge in [0.15, 0.2) is 0 Å². The number of rotatable bonds is 0.